The van der Waals surface area contributed by atoms with Crippen molar-refractivity contribution in [2.75, 3.05) is 6.61 Å². The number of hydrogen-bond acceptors (Lipinski definition) is 5. The Labute approximate surface area is 253 Å². The molecule has 1 fully saturated rings. The molecule has 0 radical (unpaired) electrons. The van der Waals surface area contributed by atoms with E-state index in [9.17, 15) is 14.4 Å². The third kappa shape index (κ3) is 21.7. The van der Waals surface area contributed by atoms with Crippen molar-refractivity contribution in [1.82, 2.24) is 5.06 Å². The number of amides is 2. The number of unbranched alkanes of at least 4 members (excludes halogenated alkanes) is 22. The third-order valence-electron chi connectivity index (χ3n) is 8.54. The number of ether oxygens (including phenoxy) is 1. The van der Waals surface area contributed by atoms with Crippen LogP contribution in [0.5, 0.6) is 0 Å². The maximum Gasteiger partial charge on any atom is 0.533 e. The molecule has 0 bridgehead atoms. The van der Waals surface area contributed by atoms with Crippen LogP contribution in [0.3, 0.4) is 0 Å². The standard InChI is InChI=1S/C35H65NO5/c1-3-5-7-9-11-13-15-17-19-21-23-25-27-32(31-40-35(39)41-36-33(37)29-30-34(36)38)28-26-24-22-20-18-16-14-12-10-8-6-4-2/h32H,3-31H2,1-2H3. The van der Waals surface area contributed by atoms with Crippen molar-refractivity contribution < 1.29 is 24.0 Å². The van der Waals surface area contributed by atoms with Gasteiger partial charge in [-0.3, -0.25) is 14.4 Å². The Bertz CT molecular complexity index is 608. The molecule has 0 aliphatic carbocycles. The molecule has 0 aromatic carbocycles. The van der Waals surface area contributed by atoms with Gasteiger partial charge < -0.3 is 4.74 Å². The van der Waals surface area contributed by atoms with Crippen LogP contribution >= 0.6 is 0 Å². The number of hydrogen-bond donors (Lipinski definition) is 0. The summed E-state index contributed by atoms with van der Waals surface area (Å²) < 4.78 is 5.37. The first-order valence-corrected chi connectivity index (χ1v) is 17.8. The molecule has 2 amide bonds. The van der Waals surface area contributed by atoms with Crippen LogP contribution in [0.15, 0.2) is 0 Å². The van der Waals surface area contributed by atoms with E-state index in [0.717, 1.165) is 25.7 Å². The number of nitrogens with zero attached hydrogens (tertiary/aromatic N) is 1. The van der Waals surface area contributed by atoms with Crippen molar-refractivity contribution in [3.63, 3.8) is 0 Å². The number of rotatable bonds is 29. The highest BCUT2D eigenvalue weighted by atomic mass is 16.8. The van der Waals surface area contributed by atoms with Crippen LogP contribution in [0.4, 0.5) is 4.79 Å². The number of imide groups is 1. The van der Waals surface area contributed by atoms with Crippen molar-refractivity contribution in [2.24, 2.45) is 5.92 Å². The highest BCUT2D eigenvalue weighted by molar-refractivity contribution is 6.01. The second kappa shape index (κ2) is 27.3. The van der Waals surface area contributed by atoms with E-state index in [1.54, 1.807) is 0 Å². The fourth-order valence-corrected chi connectivity index (χ4v) is 5.80. The van der Waals surface area contributed by atoms with E-state index in [2.05, 4.69) is 13.8 Å². The number of carbonyl (C=O) groups is 3. The third-order valence-corrected chi connectivity index (χ3v) is 8.54. The summed E-state index contributed by atoms with van der Waals surface area (Å²) >= 11 is 0. The molecule has 1 heterocycles. The zero-order valence-corrected chi connectivity index (χ0v) is 27.1. The summed E-state index contributed by atoms with van der Waals surface area (Å²) in [5.41, 5.74) is 0. The van der Waals surface area contributed by atoms with Gasteiger partial charge in [0.1, 0.15) is 0 Å². The average molecular weight is 580 g/mol. The first-order valence-electron chi connectivity index (χ1n) is 17.8. The summed E-state index contributed by atoms with van der Waals surface area (Å²) in [5, 5.41) is 0.563. The van der Waals surface area contributed by atoms with Crippen LogP contribution in [0.2, 0.25) is 0 Å². The van der Waals surface area contributed by atoms with Gasteiger partial charge in [-0.25, -0.2) is 4.79 Å². The lowest BCUT2D eigenvalue weighted by Crippen LogP contribution is -2.32. The molecule has 6 heteroatoms. The van der Waals surface area contributed by atoms with E-state index < -0.39 is 18.0 Å². The Balaban J connectivity index is 2.20. The van der Waals surface area contributed by atoms with E-state index >= 15 is 0 Å². The largest absolute Gasteiger partial charge is 0.533 e. The second-order valence-electron chi connectivity index (χ2n) is 12.5. The molecule has 1 aliphatic heterocycles. The van der Waals surface area contributed by atoms with Crippen LogP contribution < -0.4 is 0 Å². The summed E-state index contributed by atoms with van der Waals surface area (Å²) in [6.07, 6.45) is 33.2. The lowest BCUT2D eigenvalue weighted by Gasteiger charge is -2.18. The monoisotopic (exact) mass is 579 g/mol. The van der Waals surface area contributed by atoms with E-state index in [1.807, 2.05) is 0 Å². The minimum Gasteiger partial charge on any atom is -0.432 e. The molecule has 0 spiro atoms. The summed E-state index contributed by atoms with van der Waals surface area (Å²) in [6, 6.07) is 0. The van der Waals surface area contributed by atoms with Crippen LogP contribution in [-0.4, -0.2) is 29.6 Å². The van der Waals surface area contributed by atoms with Gasteiger partial charge in [0.05, 0.1) is 6.61 Å². The predicted molar refractivity (Wildman–Crippen MR) is 168 cm³/mol. The van der Waals surface area contributed by atoms with Gasteiger partial charge in [0, 0.05) is 12.8 Å². The Hall–Kier alpha value is -1.59. The average Bonchev–Trinajstić information content (AvgIpc) is 3.28. The highest BCUT2D eigenvalue weighted by Crippen LogP contribution is 2.21. The Morgan fingerprint density at radius 1 is 0.561 bits per heavy atom. The Morgan fingerprint density at radius 2 is 0.878 bits per heavy atom. The van der Waals surface area contributed by atoms with Crippen LogP contribution in [0.25, 0.3) is 0 Å². The zero-order chi connectivity index (χ0) is 29.8. The van der Waals surface area contributed by atoms with Crippen LogP contribution in [-0.2, 0) is 19.2 Å². The summed E-state index contributed by atoms with van der Waals surface area (Å²) in [4.78, 5) is 40.5. The molecule has 6 nitrogen and oxygen atoms in total. The molecule has 0 atom stereocenters. The number of carbonyl (C=O) groups excluding carboxylic acids is 3. The van der Waals surface area contributed by atoms with Crippen molar-refractivity contribution in [1.29, 1.82) is 0 Å². The lowest BCUT2D eigenvalue weighted by molar-refractivity contribution is -0.177. The van der Waals surface area contributed by atoms with E-state index in [1.165, 1.54) is 141 Å². The van der Waals surface area contributed by atoms with Crippen molar-refractivity contribution in [3.05, 3.63) is 0 Å². The van der Waals surface area contributed by atoms with Gasteiger partial charge in [-0.1, -0.05) is 173 Å². The SMILES string of the molecule is CCCCCCCCCCCCCCC(CCCCCCCCCCCCCC)COC(=O)ON1C(=O)CCC1=O. The molecular weight excluding hydrogens is 514 g/mol. The second-order valence-corrected chi connectivity index (χ2v) is 12.5. The smallest absolute Gasteiger partial charge is 0.432 e. The Kier molecular flexibility index (Phi) is 24.9. The molecule has 0 N–H and O–H groups in total. The molecule has 0 unspecified atom stereocenters. The number of hydroxylamine groups is 2. The fraction of sp³-hybridized carbons (Fsp3) is 0.914. The van der Waals surface area contributed by atoms with E-state index in [-0.39, 0.29) is 12.8 Å². The highest BCUT2D eigenvalue weighted by Gasteiger charge is 2.33. The molecule has 1 rings (SSSR count). The van der Waals surface area contributed by atoms with Gasteiger partial charge in [0.15, 0.2) is 0 Å². The topological polar surface area (TPSA) is 72.9 Å². The maximum absolute atomic E-state index is 12.2. The van der Waals surface area contributed by atoms with Gasteiger partial charge >= 0.3 is 6.16 Å². The van der Waals surface area contributed by atoms with Gasteiger partial charge in [-0.2, -0.15) is 0 Å². The quantitative estimate of drug-likeness (QED) is 0.0500. The van der Waals surface area contributed by atoms with Gasteiger partial charge in [-0.15, -0.1) is 0 Å². The van der Waals surface area contributed by atoms with Gasteiger partial charge in [0.2, 0.25) is 0 Å². The van der Waals surface area contributed by atoms with E-state index in [0.29, 0.717) is 17.6 Å². The first kappa shape index (κ1) is 37.4. The lowest BCUT2D eigenvalue weighted by atomic mass is 9.94. The summed E-state index contributed by atoms with van der Waals surface area (Å²) in [5.74, 6) is -0.647. The Morgan fingerprint density at radius 3 is 1.22 bits per heavy atom. The molecular formula is C35H65NO5. The van der Waals surface area contributed by atoms with Crippen molar-refractivity contribution >= 4 is 18.0 Å². The van der Waals surface area contributed by atoms with Gasteiger partial charge in [-0.05, 0) is 18.8 Å². The van der Waals surface area contributed by atoms with Crippen LogP contribution in [0.1, 0.15) is 194 Å². The fourth-order valence-electron chi connectivity index (χ4n) is 5.80. The molecule has 1 aliphatic rings. The normalized spacial score (nSPS) is 13.5. The first-order chi connectivity index (χ1) is 20.1. The maximum atomic E-state index is 12.2. The predicted octanol–water partition coefficient (Wildman–Crippen LogP) is 11.0. The summed E-state index contributed by atoms with van der Waals surface area (Å²) in [7, 11) is 0. The van der Waals surface area contributed by atoms with Crippen LogP contribution in [0, 0.1) is 5.92 Å². The molecule has 0 aromatic heterocycles. The van der Waals surface area contributed by atoms with E-state index in [4.69, 9.17) is 9.57 Å². The molecule has 41 heavy (non-hydrogen) atoms. The van der Waals surface area contributed by atoms with Gasteiger partial charge in [0.25, 0.3) is 11.8 Å². The zero-order valence-electron chi connectivity index (χ0n) is 27.1. The minimum atomic E-state index is -0.942. The van der Waals surface area contributed by atoms with Crippen molar-refractivity contribution in [3.8, 4) is 0 Å². The van der Waals surface area contributed by atoms with Crippen molar-refractivity contribution in [2.45, 2.75) is 194 Å². The molecule has 240 valence electrons. The molecule has 1 saturated heterocycles. The minimum absolute atomic E-state index is 0.0899. The summed E-state index contributed by atoms with van der Waals surface area (Å²) in [6.45, 7) is 4.83. The molecule has 0 aromatic rings. The molecule has 0 saturated carbocycles.